The normalized spacial score (nSPS) is 10.9. The van der Waals surface area contributed by atoms with E-state index in [-0.39, 0.29) is 17.3 Å². The van der Waals surface area contributed by atoms with Crippen LogP contribution in [0.25, 0.3) is 56.9 Å². The maximum Gasteiger partial charge on any atom is 0.317 e. The van der Waals surface area contributed by atoms with Crippen molar-refractivity contribution in [3.63, 3.8) is 0 Å². The molecule has 5 heterocycles. The number of nitrogens with one attached hydrogen (secondary N) is 3. The Labute approximate surface area is 288 Å². The molecule has 2 aromatic carbocycles. The standard InChI is InChI=1S/C16H11FN4O3S.C15H12N4O5S/c17-9-1-2-10-8(5-9)6-11(18-10)12-3-4-13(24-12)15-19-16(21-20-15)25-7-14(22)23;1-23-19(22)10-4-2-3-9(7-10)11-5-6-12(24-11)14-16-15(18-17-14)25-8-13(20)21/h1-6,18H,7H2,(H,22,23)(H,19,20,21);2-7H,8H2,1H3,(H-,16,17,18,20,21)/p+1. The highest BCUT2D eigenvalue weighted by atomic mass is 32.2. The van der Waals surface area contributed by atoms with Crippen molar-refractivity contribution in [1.82, 2.24) is 35.3 Å². The molecule has 7 aromatic rings. The van der Waals surface area contributed by atoms with E-state index in [1.54, 1.807) is 60.7 Å². The van der Waals surface area contributed by atoms with Crippen molar-refractivity contribution in [3.8, 4) is 45.9 Å². The first kappa shape index (κ1) is 33.7. The number of benzene rings is 2. The third kappa shape index (κ3) is 8.08. The lowest BCUT2D eigenvalue weighted by molar-refractivity contribution is -0.736. The summed E-state index contributed by atoms with van der Waals surface area (Å²) in [5.41, 5.74) is 2.56. The summed E-state index contributed by atoms with van der Waals surface area (Å²) in [6.45, 7) is 0. The number of aromatic nitrogens is 7. The second-order valence-corrected chi connectivity index (χ2v) is 11.9. The lowest BCUT2D eigenvalue weighted by Crippen LogP contribution is -1.97. The Kier molecular flexibility index (Phi) is 10.0. The SMILES string of the molecule is CO[N+](=O)c1cccc(-c2ccc(-c3nc(SCC(=O)O)n[nH]3)o2)c1.O=C(O)CSc1n[nH]c(-c2ccc(-c3cc4cc(F)ccc4[nH]3)o2)n1. The van der Waals surface area contributed by atoms with E-state index >= 15 is 0 Å². The van der Waals surface area contributed by atoms with Crippen molar-refractivity contribution in [2.45, 2.75) is 10.3 Å². The summed E-state index contributed by atoms with van der Waals surface area (Å²) >= 11 is 2.02. The van der Waals surface area contributed by atoms with Crippen LogP contribution in [-0.2, 0) is 14.4 Å². The van der Waals surface area contributed by atoms with Crippen LogP contribution in [0.1, 0.15) is 0 Å². The quantitative estimate of drug-likeness (QED) is 0.0679. The Morgan fingerprint density at radius 1 is 0.820 bits per heavy atom. The second kappa shape index (κ2) is 14.9. The van der Waals surface area contributed by atoms with Crippen molar-refractivity contribution in [2.75, 3.05) is 18.6 Å². The Hall–Kier alpha value is -6.21. The third-order valence-corrected chi connectivity index (χ3v) is 8.28. The topological polar surface area (TPSA) is 229 Å². The van der Waals surface area contributed by atoms with Crippen LogP contribution in [0.4, 0.5) is 10.1 Å². The van der Waals surface area contributed by atoms with E-state index in [4.69, 9.17) is 19.0 Å². The first-order valence-corrected chi connectivity index (χ1v) is 16.3. The number of nitrogens with zero attached hydrogens (tertiary/aromatic N) is 5. The minimum absolute atomic E-state index is 0.119. The number of thioether (sulfide) groups is 2. The maximum absolute atomic E-state index is 13.3. The average Bonchev–Trinajstić information content (AvgIpc) is 3.95. The molecule has 50 heavy (non-hydrogen) atoms. The van der Waals surface area contributed by atoms with Gasteiger partial charge in [-0.2, -0.15) is 9.97 Å². The minimum Gasteiger partial charge on any atom is -0.481 e. The first-order valence-electron chi connectivity index (χ1n) is 14.3. The molecule has 0 unspecified atom stereocenters. The lowest BCUT2D eigenvalue weighted by atomic mass is 10.1. The van der Waals surface area contributed by atoms with Crippen LogP contribution in [-0.4, -0.2) is 81.0 Å². The van der Waals surface area contributed by atoms with Gasteiger partial charge in [0, 0.05) is 28.6 Å². The summed E-state index contributed by atoms with van der Waals surface area (Å²) in [5.74, 6) is 0.387. The Bertz CT molecular complexity index is 2310. The fraction of sp³-hybridized carbons (Fsp3) is 0.0968. The number of carboxylic acid groups (broad SMARTS) is 2. The molecule has 0 atom stereocenters. The number of hydrogen-bond donors (Lipinski definition) is 5. The van der Waals surface area contributed by atoms with Crippen molar-refractivity contribution in [3.05, 3.63) is 83.5 Å². The number of hydrogen-bond acceptors (Lipinski definition) is 12. The average molecular weight is 720 g/mol. The first-order chi connectivity index (χ1) is 24.1. The van der Waals surface area contributed by atoms with E-state index in [1.165, 1.54) is 19.2 Å². The van der Waals surface area contributed by atoms with Gasteiger partial charge in [0.15, 0.2) is 36.0 Å². The number of H-pyrrole nitrogens is 3. The molecule has 0 fully saturated rings. The van der Waals surface area contributed by atoms with E-state index in [9.17, 15) is 18.9 Å². The lowest BCUT2D eigenvalue weighted by Gasteiger charge is -1.96. The molecule has 254 valence electrons. The zero-order chi connectivity index (χ0) is 35.2. The molecule has 0 aliphatic rings. The van der Waals surface area contributed by atoms with Gasteiger partial charge in [0.25, 0.3) is 4.92 Å². The molecule has 19 heteroatoms. The fourth-order valence-corrected chi connectivity index (χ4v) is 5.48. The van der Waals surface area contributed by atoms with Gasteiger partial charge < -0.3 is 24.0 Å². The van der Waals surface area contributed by atoms with Crippen LogP contribution < -0.4 is 0 Å². The molecular formula is C31H24FN8O8S2+. The summed E-state index contributed by atoms with van der Waals surface area (Å²) < 4.78 is 24.8. The van der Waals surface area contributed by atoms with Crippen LogP contribution in [0.15, 0.2) is 91.9 Å². The molecule has 5 aromatic heterocycles. The number of carboxylic acids is 2. The summed E-state index contributed by atoms with van der Waals surface area (Å²) in [6.07, 6.45) is 0. The highest BCUT2D eigenvalue weighted by molar-refractivity contribution is 8.00. The number of aliphatic carboxylic acids is 2. The van der Waals surface area contributed by atoms with E-state index in [2.05, 4.69) is 40.2 Å². The Morgan fingerprint density at radius 3 is 2.04 bits per heavy atom. The van der Waals surface area contributed by atoms with Crippen molar-refractivity contribution in [2.24, 2.45) is 0 Å². The highest BCUT2D eigenvalue weighted by Crippen LogP contribution is 2.31. The number of halogens is 1. The van der Waals surface area contributed by atoms with E-state index in [0.717, 1.165) is 34.4 Å². The van der Waals surface area contributed by atoms with Crippen molar-refractivity contribution < 1.29 is 42.8 Å². The van der Waals surface area contributed by atoms with E-state index in [0.29, 0.717) is 66.9 Å². The zero-order valence-electron chi connectivity index (χ0n) is 25.6. The molecular weight excluding hydrogens is 696 g/mol. The summed E-state index contributed by atoms with van der Waals surface area (Å²) in [6, 6.07) is 20.0. The van der Waals surface area contributed by atoms with Gasteiger partial charge >= 0.3 is 17.6 Å². The summed E-state index contributed by atoms with van der Waals surface area (Å²) in [7, 11) is 1.29. The molecule has 0 aliphatic heterocycles. The molecule has 16 nitrogen and oxygen atoms in total. The van der Waals surface area contributed by atoms with Gasteiger partial charge in [-0.1, -0.05) is 35.7 Å². The molecule has 5 N–H and O–H groups in total. The van der Waals surface area contributed by atoms with Crippen LogP contribution in [0.3, 0.4) is 0 Å². The van der Waals surface area contributed by atoms with Gasteiger partial charge in [-0.05, 0) is 48.5 Å². The molecule has 7 rings (SSSR count). The van der Waals surface area contributed by atoms with Gasteiger partial charge in [0.2, 0.25) is 10.3 Å². The number of fused-ring (bicyclic) bond motifs is 1. The highest BCUT2D eigenvalue weighted by Gasteiger charge is 2.18. The van der Waals surface area contributed by atoms with Gasteiger partial charge in [-0.3, -0.25) is 19.8 Å². The second-order valence-electron chi connectivity index (χ2n) is 10.0. The van der Waals surface area contributed by atoms with Gasteiger partial charge in [0.1, 0.15) is 11.6 Å². The molecule has 0 bridgehead atoms. The fourth-order valence-electron chi connectivity index (χ4n) is 4.44. The number of furan rings is 2. The molecule has 0 spiro atoms. The third-order valence-electron chi connectivity index (χ3n) is 6.61. The predicted molar refractivity (Wildman–Crippen MR) is 178 cm³/mol. The van der Waals surface area contributed by atoms with E-state index in [1.807, 2.05) is 0 Å². The summed E-state index contributed by atoms with van der Waals surface area (Å²) in [5, 5.41) is 32.0. The number of aromatic amines is 3. The van der Waals surface area contributed by atoms with Gasteiger partial charge in [0.05, 0.1) is 22.1 Å². The minimum atomic E-state index is -0.944. The molecule has 0 aliphatic carbocycles. The van der Waals surface area contributed by atoms with Gasteiger partial charge in [-0.15, -0.1) is 10.2 Å². The zero-order valence-corrected chi connectivity index (χ0v) is 27.2. The monoisotopic (exact) mass is 719 g/mol. The van der Waals surface area contributed by atoms with Crippen LogP contribution in [0.2, 0.25) is 0 Å². The van der Waals surface area contributed by atoms with Crippen LogP contribution >= 0.6 is 23.5 Å². The van der Waals surface area contributed by atoms with Crippen LogP contribution in [0, 0.1) is 10.7 Å². The summed E-state index contributed by atoms with van der Waals surface area (Å²) in [4.78, 5) is 49.2. The van der Waals surface area contributed by atoms with E-state index < -0.39 is 11.9 Å². The predicted octanol–water partition coefficient (Wildman–Crippen LogP) is 6.41. The van der Waals surface area contributed by atoms with Crippen molar-refractivity contribution in [1.29, 1.82) is 0 Å². The smallest absolute Gasteiger partial charge is 0.317 e. The maximum atomic E-state index is 13.3. The largest absolute Gasteiger partial charge is 0.481 e. The molecule has 0 saturated heterocycles. The Morgan fingerprint density at radius 2 is 1.42 bits per heavy atom. The van der Waals surface area contributed by atoms with Gasteiger partial charge in [-0.25, -0.2) is 9.23 Å². The molecule has 0 radical (unpaired) electrons. The number of carbonyl (C=O) groups is 2. The van der Waals surface area contributed by atoms with Crippen molar-refractivity contribution >= 4 is 52.1 Å². The number of rotatable bonds is 12. The molecule has 0 amide bonds. The Balaban J connectivity index is 0.000000173. The molecule has 0 saturated carbocycles. The van der Waals surface area contributed by atoms with Crippen LogP contribution in [0.5, 0.6) is 0 Å².